The Morgan fingerprint density at radius 1 is 1.09 bits per heavy atom. The van der Waals surface area contributed by atoms with Crippen LogP contribution in [0.5, 0.6) is 11.5 Å². The second-order valence-electron chi connectivity index (χ2n) is 4.50. The highest BCUT2D eigenvalue weighted by atomic mass is 35.5. The van der Waals surface area contributed by atoms with Crippen LogP contribution in [0, 0.1) is 0 Å². The number of methoxy groups -OCH3 is 2. The first-order chi connectivity index (χ1) is 10.5. The fourth-order valence-corrected chi connectivity index (χ4v) is 2.59. The molecule has 0 aliphatic heterocycles. The minimum absolute atomic E-state index is 0.147. The van der Waals surface area contributed by atoms with E-state index in [-0.39, 0.29) is 21.2 Å². The molecule has 2 rings (SSSR count). The van der Waals surface area contributed by atoms with E-state index in [9.17, 15) is 9.90 Å². The molecule has 6 heteroatoms. The minimum atomic E-state index is -1.12. The molecule has 0 spiro atoms. The van der Waals surface area contributed by atoms with Crippen LogP contribution in [-0.2, 0) is 0 Å². The van der Waals surface area contributed by atoms with Gasteiger partial charge in [-0.05, 0) is 29.8 Å². The average Bonchev–Trinajstić information content (AvgIpc) is 2.55. The highest BCUT2D eigenvalue weighted by Gasteiger charge is 2.21. The summed E-state index contributed by atoms with van der Waals surface area (Å²) in [4.78, 5) is 11.2. The van der Waals surface area contributed by atoms with Crippen molar-refractivity contribution in [2.24, 2.45) is 0 Å². The smallest absolute Gasteiger partial charge is 0.161 e. The van der Waals surface area contributed by atoms with Crippen molar-refractivity contribution in [1.29, 1.82) is 0 Å². The van der Waals surface area contributed by atoms with Gasteiger partial charge in [0.15, 0.2) is 11.5 Å². The standard InChI is InChI=1S/C16H14Cl2O4/c1-21-12-6-4-9(7-13(12)22-2)16(20)14-10(8-19)3-5-11(17)15(14)18/h3-8,16,20H,1-2H3. The number of aldehydes is 1. The molecule has 0 fully saturated rings. The molecule has 22 heavy (non-hydrogen) atoms. The van der Waals surface area contributed by atoms with Gasteiger partial charge < -0.3 is 14.6 Å². The quantitative estimate of drug-likeness (QED) is 0.838. The van der Waals surface area contributed by atoms with Gasteiger partial charge in [0, 0.05) is 11.1 Å². The molecule has 4 nitrogen and oxygen atoms in total. The average molecular weight is 341 g/mol. The Morgan fingerprint density at radius 2 is 1.77 bits per heavy atom. The summed E-state index contributed by atoms with van der Waals surface area (Å²) in [5.74, 6) is 0.996. The van der Waals surface area contributed by atoms with Crippen molar-refractivity contribution in [2.75, 3.05) is 14.2 Å². The predicted octanol–water partition coefficient (Wildman–Crippen LogP) is 3.90. The zero-order valence-electron chi connectivity index (χ0n) is 12.0. The van der Waals surface area contributed by atoms with Crippen molar-refractivity contribution in [3.8, 4) is 11.5 Å². The van der Waals surface area contributed by atoms with Gasteiger partial charge in [-0.3, -0.25) is 4.79 Å². The van der Waals surface area contributed by atoms with Crippen LogP contribution in [0.3, 0.4) is 0 Å². The number of hydrogen-bond donors (Lipinski definition) is 1. The van der Waals surface area contributed by atoms with E-state index < -0.39 is 6.10 Å². The van der Waals surface area contributed by atoms with Gasteiger partial charge in [0.1, 0.15) is 12.4 Å². The SMILES string of the molecule is COc1ccc(C(O)c2c(C=O)ccc(Cl)c2Cl)cc1OC. The zero-order chi connectivity index (χ0) is 16.3. The van der Waals surface area contributed by atoms with Crippen molar-refractivity contribution in [1.82, 2.24) is 0 Å². The van der Waals surface area contributed by atoms with Crippen molar-refractivity contribution < 1.29 is 19.4 Å². The molecule has 0 saturated heterocycles. The summed E-state index contributed by atoms with van der Waals surface area (Å²) in [7, 11) is 3.02. The van der Waals surface area contributed by atoms with Crippen LogP contribution >= 0.6 is 23.2 Å². The minimum Gasteiger partial charge on any atom is -0.493 e. The number of aliphatic hydroxyl groups is 1. The van der Waals surface area contributed by atoms with Gasteiger partial charge in [0.05, 0.1) is 24.3 Å². The van der Waals surface area contributed by atoms with Gasteiger partial charge in [0.2, 0.25) is 0 Å². The predicted molar refractivity (Wildman–Crippen MR) is 85.5 cm³/mol. The number of carbonyl (C=O) groups is 1. The Kier molecular flexibility index (Phi) is 5.29. The van der Waals surface area contributed by atoms with Gasteiger partial charge in [-0.1, -0.05) is 29.3 Å². The molecule has 0 aromatic heterocycles. The van der Waals surface area contributed by atoms with E-state index in [4.69, 9.17) is 32.7 Å². The number of benzene rings is 2. The molecule has 2 aromatic carbocycles. The zero-order valence-corrected chi connectivity index (χ0v) is 13.5. The number of rotatable bonds is 5. The lowest BCUT2D eigenvalue weighted by Gasteiger charge is -2.17. The molecule has 1 N–H and O–H groups in total. The molecular weight excluding hydrogens is 327 g/mol. The molecule has 0 bridgehead atoms. The van der Waals surface area contributed by atoms with Crippen LogP contribution in [0.25, 0.3) is 0 Å². The fourth-order valence-electron chi connectivity index (χ4n) is 2.15. The van der Waals surface area contributed by atoms with E-state index in [0.29, 0.717) is 23.3 Å². The van der Waals surface area contributed by atoms with E-state index in [1.807, 2.05) is 0 Å². The largest absolute Gasteiger partial charge is 0.493 e. The van der Waals surface area contributed by atoms with E-state index in [1.165, 1.54) is 26.4 Å². The summed E-state index contributed by atoms with van der Waals surface area (Å²) < 4.78 is 10.4. The molecule has 116 valence electrons. The van der Waals surface area contributed by atoms with E-state index in [0.717, 1.165) is 0 Å². The number of ether oxygens (including phenoxy) is 2. The Bertz CT molecular complexity index is 701. The summed E-state index contributed by atoms with van der Waals surface area (Å²) in [6, 6.07) is 7.97. The number of halogens is 2. The third-order valence-electron chi connectivity index (χ3n) is 3.29. The molecule has 1 atom stereocenters. The first kappa shape index (κ1) is 16.6. The number of carbonyl (C=O) groups excluding carboxylic acids is 1. The number of hydrogen-bond acceptors (Lipinski definition) is 4. The molecule has 0 saturated carbocycles. The Morgan fingerprint density at radius 3 is 2.36 bits per heavy atom. The fraction of sp³-hybridized carbons (Fsp3) is 0.188. The first-order valence-electron chi connectivity index (χ1n) is 6.36. The van der Waals surface area contributed by atoms with Gasteiger partial charge in [0.25, 0.3) is 0 Å². The highest BCUT2D eigenvalue weighted by Crippen LogP contribution is 2.38. The second-order valence-corrected chi connectivity index (χ2v) is 5.28. The maximum absolute atomic E-state index is 11.2. The third-order valence-corrected chi connectivity index (χ3v) is 4.11. The monoisotopic (exact) mass is 340 g/mol. The van der Waals surface area contributed by atoms with Crippen molar-refractivity contribution in [2.45, 2.75) is 6.10 Å². The maximum atomic E-state index is 11.2. The Labute approximate surface area is 138 Å². The third kappa shape index (κ3) is 3.04. The summed E-state index contributed by atoms with van der Waals surface area (Å²) >= 11 is 12.1. The maximum Gasteiger partial charge on any atom is 0.161 e. The van der Waals surface area contributed by atoms with Crippen LogP contribution in [0.1, 0.15) is 27.6 Å². The van der Waals surface area contributed by atoms with Crippen molar-refractivity contribution in [3.05, 3.63) is 57.1 Å². The van der Waals surface area contributed by atoms with Gasteiger partial charge >= 0.3 is 0 Å². The van der Waals surface area contributed by atoms with Crippen LogP contribution < -0.4 is 9.47 Å². The number of aliphatic hydroxyl groups excluding tert-OH is 1. The second kappa shape index (κ2) is 7.01. The van der Waals surface area contributed by atoms with Gasteiger partial charge in [-0.25, -0.2) is 0 Å². The molecule has 0 aliphatic rings. The molecule has 1 unspecified atom stereocenters. The van der Waals surface area contributed by atoms with Crippen molar-refractivity contribution >= 4 is 29.5 Å². The van der Waals surface area contributed by atoms with E-state index >= 15 is 0 Å². The summed E-state index contributed by atoms with van der Waals surface area (Å²) in [6.07, 6.45) is -0.493. The lowest BCUT2D eigenvalue weighted by Crippen LogP contribution is -2.05. The molecule has 0 heterocycles. The summed E-state index contributed by atoms with van der Waals surface area (Å²) in [6.45, 7) is 0. The van der Waals surface area contributed by atoms with Crippen LogP contribution in [0.4, 0.5) is 0 Å². The van der Waals surface area contributed by atoms with Gasteiger partial charge in [-0.2, -0.15) is 0 Å². The Hall–Kier alpha value is -1.75. The summed E-state index contributed by atoms with van der Waals surface area (Å²) in [5, 5.41) is 11.0. The summed E-state index contributed by atoms with van der Waals surface area (Å²) in [5.41, 5.74) is 1.04. The van der Waals surface area contributed by atoms with Crippen LogP contribution in [0.2, 0.25) is 10.0 Å². The van der Waals surface area contributed by atoms with E-state index in [1.54, 1.807) is 18.2 Å². The topological polar surface area (TPSA) is 55.8 Å². The van der Waals surface area contributed by atoms with Crippen molar-refractivity contribution in [3.63, 3.8) is 0 Å². The molecular formula is C16H14Cl2O4. The normalized spacial score (nSPS) is 11.9. The highest BCUT2D eigenvalue weighted by molar-refractivity contribution is 6.42. The van der Waals surface area contributed by atoms with Crippen LogP contribution in [0.15, 0.2) is 30.3 Å². The van der Waals surface area contributed by atoms with Crippen LogP contribution in [-0.4, -0.2) is 25.6 Å². The van der Waals surface area contributed by atoms with Gasteiger partial charge in [-0.15, -0.1) is 0 Å². The molecule has 0 radical (unpaired) electrons. The Balaban J connectivity index is 2.55. The molecule has 0 amide bonds. The molecule has 0 aliphatic carbocycles. The molecule has 2 aromatic rings. The first-order valence-corrected chi connectivity index (χ1v) is 7.12. The lowest BCUT2D eigenvalue weighted by atomic mass is 9.97. The lowest BCUT2D eigenvalue weighted by molar-refractivity contribution is 0.111. The van der Waals surface area contributed by atoms with E-state index in [2.05, 4.69) is 0 Å².